The summed E-state index contributed by atoms with van der Waals surface area (Å²) < 4.78 is 29.3. The van der Waals surface area contributed by atoms with Gasteiger partial charge in [-0.15, -0.1) is 0 Å². The van der Waals surface area contributed by atoms with Crippen molar-refractivity contribution in [2.45, 2.75) is 26.8 Å². The minimum atomic E-state index is -3.38. The molecule has 0 fully saturated rings. The maximum atomic E-state index is 11.9. The number of para-hydroxylation sites is 1. The van der Waals surface area contributed by atoms with Gasteiger partial charge in [-0.2, -0.15) is 0 Å². The van der Waals surface area contributed by atoms with E-state index in [1.807, 2.05) is 44.2 Å². The Hall–Kier alpha value is -1.82. The van der Waals surface area contributed by atoms with Crippen LogP contribution in [0.1, 0.15) is 32.6 Å². The molecule has 1 amide bonds. The van der Waals surface area contributed by atoms with Crippen LogP contribution in [0.25, 0.3) is 11.0 Å². The Morgan fingerprint density at radius 1 is 1.23 bits per heavy atom. The smallest absolute Gasteiger partial charge is 0.235 e. The number of rotatable bonds is 6. The molecule has 0 bridgehead atoms. The molecule has 1 aromatic carbocycles. The first-order chi connectivity index (χ1) is 10.3. The van der Waals surface area contributed by atoms with Crippen LogP contribution in [-0.4, -0.2) is 25.8 Å². The third-order valence-electron chi connectivity index (χ3n) is 3.19. The molecule has 120 valence electrons. The lowest BCUT2D eigenvalue weighted by Gasteiger charge is -2.12. The number of sulfone groups is 1. The molecule has 2 rings (SSSR count). The van der Waals surface area contributed by atoms with Gasteiger partial charge < -0.3 is 9.73 Å². The molecule has 1 atom stereocenters. The van der Waals surface area contributed by atoms with Crippen molar-refractivity contribution in [3.63, 3.8) is 0 Å². The third-order valence-corrected chi connectivity index (χ3v) is 5.06. The van der Waals surface area contributed by atoms with Gasteiger partial charge in [0.1, 0.15) is 17.1 Å². The molecule has 22 heavy (non-hydrogen) atoms. The van der Waals surface area contributed by atoms with Crippen LogP contribution in [0.15, 0.2) is 34.7 Å². The molecule has 2 aromatic rings. The second-order valence-corrected chi connectivity index (χ2v) is 8.03. The number of benzene rings is 1. The van der Waals surface area contributed by atoms with Gasteiger partial charge in [-0.25, -0.2) is 8.42 Å². The average Bonchev–Trinajstić information content (AvgIpc) is 2.79. The fourth-order valence-corrected chi connectivity index (χ4v) is 3.95. The van der Waals surface area contributed by atoms with Crippen molar-refractivity contribution < 1.29 is 17.6 Å². The zero-order valence-electron chi connectivity index (χ0n) is 13.0. The Morgan fingerprint density at radius 3 is 2.55 bits per heavy atom. The molecule has 1 heterocycles. The number of hydrogen-bond acceptors (Lipinski definition) is 4. The summed E-state index contributed by atoms with van der Waals surface area (Å²) in [5.74, 6) is -0.371. The summed E-state index contributed by atoms with van der Waals surface area (Å²) in [6, 6.07) is 9.02. The summed E-state index contributed by atoms with van der Waals surface area (Å²) in [6.45, 7) is 5.39. The highest BCUT2D eigenvalue weighted by Gasteiger charge is 2.21. The molecule has 0 spiro atoms. The average molecular weight is 323 g/mol. The first-order valence-electron chi connectivity index (χ1n) is 7.25. The Labute approximate surface area is 130 Å². The van der Waals surface area contributed by atoms with E-state index in [0.29, 0.717) is 5.76 Å². The van der Waals surface area contributed by atoms with Gasteiger partial charge in [0.25, 0.3) is 0 Å². The van der Waals surface area contributed by atoms with E-state index < -0.39 is 21.5 Å². The van der Waals surface area contributed by atoms with E-state index in [1.54, 1.807) is 6.92 Å². The van der Waals surface area contributed by atoms with Crippen molar-refractivity contribution in [2.75, 3.05) is 11.5 Å². The highest BCUT2D eigenvalue weighted by atomic mass is 32.2. The van der Waals surface area contributed by atoms with Crippen molar-refractivity contribution in [3.8, 4) is 0 Å². The van der Waals surface area contributed by atoms with Crippen LogP contribution < -0.4 is 5.32 Å². The largest absolute Gasteiger partial charge is 0.459 e. The molecule has 0 aliphatic heterocycles. The van der Waals surface area contributed by atoms with Crippen LogP contribution in [0.3, 0.4) is 0 Å². The minimum Gasteiger partial charge on any atom is -0.459 e. The van der Waals surface area contributed by atoms with Crippen molar-refractivity contribution >= 4 is 26.7 Å². The molecule has 1 aromatic heterocycles. The quantitative estimate of drug-likeness (QED) is 0.886. The van der Waals surface area contributed by atoms with Gasteiger partial charge in [0.2, 0.25) is 5.91 Å². The number of furan rings is 1. The van der Waals surface area contributed by atoms with E-state index in [0.717, 1.165) is 11.0 Å². The lowest BCUT2D eigenvalue weighted by molar-refractivity contribution is -0.119. The fourth-order valence-electron chi connectivity index (χ4n) is 2.34. The lowest BCUT2D eigenvalue weighted by atomic mass is 10.2. The minimum absolute atomic E-state index is 0.00518. The summed E-state index contributed by atoms with van der Waals surface area (Å²) >= 11 is 0. The molecular weight excluding hydrogens is 302 g/mol. The molecule has 0 unspecified atom stereocenters. The number of fused-ring (bicyclic) bond motifs is 1. The van der Waals surface area contributed by atoms with Crippen LogP contribution >= 0.6 is 0 Å². The molecule has 0 saturated heterocycles. The summed E-state index contributed by atoms with van der Waals surface area (Å²) in [7, 11) is -3.38. The monoisotopic (exact) mass is 323 g/mol. The van der Waals surface area contributed by atoms with Gasteiger partial charge in [-0.3, -0.25) is 4.79 Å². The molecule has 0 radical (unpaired) electrons. The predicted molar refractivity (Wildman–Crippen MR) is 86.3 cm³/mol. The van der Waals surface area contributed by atoms with Crippen molar-refractivity contribution in [1.29, 1.82) is 0 Å². The third kappa shape index (κ3) is 4.34. The van der Waals surface area contributed by atoms with E-state index in [4.69, 9.17) is 4.42 Å². The SMILES string of the molecule is CC(C)CS(=O)(=O)CC(=O)N[C@H](C)c1cc2ccccc2o1. The van der Waals surface area contributed by atoms with Crippen molar-refractivity contribution in [1.82, 2.24) is 5.32 Å². The number of carbonyl (C=O) groups is 1. The highest BCUT2D eigenvalue weighted by Crippen LogP contribution is 2.23. The van der Waals surface area contributed by atoms with Crippen LogP contribution in [0.4, 0.5) is 0 Å². The molecule has 1 N–H and O–H groups in total. The molecule has 5 nitrogen and oxygen atoms in total. The van der Waals surface area contributed by atoms with E-state index in [1.165, 1.54) is 0 Å². The van der Waals surface area contributed by atoms with E-state index in [-0.39, 0.29) is 17.7 Å². The molecular formula is C16H21NO4S. The predicted octanol–water partition coefficient (Wildman–Crippen LogP) is 2.68. The number of carbonyl (C=O) groups excluding carboxylic acids is 1. The van der Waals surface area contributed by atoms with Crippen LogP contribution in [0.2, 0.25) is 0 Å². The van der Waals surface area contributed by atoms with Crippen LogP contribution in [0.5, 0.6) is 0 Å². The van der Waals surface area contributed by atoms with Gasteiger partial charge in [0.05, 0.1) is 11.8 Å². The van der Waals surface area contributed by atoms with E-state index in [2.05, 4.69) is 5.32 Å². The van der Waals surface area contributed by atoms with Crippen molar-refractivity contribution in [3.05, 3.63) is 36.1 Å². The molecule has 6 heteroatoms. The molecule has 0 aliphatic carbocycles. The van der Waals surface area contributed by atoms with Gasteiger partial charge in [0.15, 0.2) is 9.84 Å². The lowest BCUT2D eigenvalue weighted by Crippen LogP contribution is -2.33. The molecule has 0 aliphatic rings. The maximum absolute atomic E-state index is 11.9. The zero-order chi connectivity index (χ0) is 16.3. The summed E-state index contributed by atoms with van der Waals surface area (Å²) in [5.41, 5.74) is 0.742. The van der Waals surface area contributed by atoms with E-state index in [9.17, 15) is 13.2 Å². The normalized spacial score (nSPS) is 13.5. The Balaban J connectivity index is 2.02. The topological polar surface area (TPSA) is 76.4 Å². The zero-order valence-corrected chi connectivity index (χ0v) is 13.8. The summed E-state index contributed by atoms with van der Waals surface area (Å²) in [6.07, 6.45) is 0. The van der Waals surface area contributed by atoms with Gasteiger partial charge in [-0.1, -0.05) is 32.0 Å². The first kappa shape index (κ1) is 16.5. The number of nitrogens with one attached hydrogen (secondary N) is 1. The Morgan fingerprint density at radius 2 is 1.91 bits per heavy atom. The van der Waals surface area contributed by atoms with E-state index >= 15 is 0 Å². The summed E-state index contributed by atoms with van der Waals surface area (Å²) in [5, 5.41) is 3.62. The van der Waals surface area contributed by atoms with Crippen molar-refractivity contribution in [2.24, 2.45) is 5.92 Å². The maximum Gasteiger partial charge on any atom is 0.235 e. The first-order valence-corrected chi connectivity index (χ1v) is 9.07. The Kier molecular flexibility index (Phi) is 4.90. The Bertz CT molecular complexity index is 728. The fraction of sp³-hybridized carbons (Fsp3) is 0.438. The highest BCUT2D eigenvalue weighted by molar-refractivity contribution is 7.92. The molecule has 0 saturated carbocycles. The van der Waals surface area contributed by atoms with Gasteiger partial charge in [-0.05, 0) is 25.0 Å². The van der Waals surface area contributed by atoms with Crippen LogP contribution in [0, 0.1) is 5.92 Å². The van der Waals surface area contributed by atoms with Gasteiger partial charge in [0, 0.05) is 5.39 Å². The van der Waals surface area contributed by atoms with Crippen LogP contribution in [-0.2, 0) is 14.6 Å². The second kappa shape index (κ2) is 6.52. The number of amides is 1. The second-order valence-electron chi connectivity index (χ2n) is 5.92. The van der Waals surface area contributed by atoms with Gasteiger partial charge >= 0.3 is 0 Å². The summed E-state index contributed by atoms with van der Waals surface area (Å²) in [4.78, 5) is 11.9. The standard InChI is InChI=1S/C16H21NO4S/c1-11(2)9-22(19,20)10-16(18)17-12(3)15-8-13-6-4-5-7-14(13)21-15/h4-8,11-12H,9-10H2,1-3H3,(H,17,18)/t12-/m1/s1. The number of hydrogen-bond donors (Lipinski definition) is 1.